The fraction of sp³-hybridized carbons (Fsp3) is 0.300. The molecule has 0 radical (unpaired) electrons. The molecule has 1 amide bonds. The van der Waals surface area contributed by atoms with Gasteiger partial charge in [-0.15, -0.1) is 0 Å². The van der Waals surface area contributed by atoms with Crippen molar-refractivity contribution < 1.29 is 9.53 Å². The summed E-state index contributed by atoms with van der Waals surface area (Å²) in [6.45, 7) is 3.69. The van der Waals surface area contributed by atoms with Crippen LogP contribution < -0.4 is 4.74 Å². The number of nitrogens with one attached hydrogen (secondary N) is 1. The largest absolute Gasteiger partial charge is 0.497 e. The van der Waals surface area contributed by atoms with Crippen molar-refractivity contribution in [3.63, 3.8) is 0 Å². The molecule has 2 aromatic carbocycles. The van der Waals surface area contributed by atoms with Crippen molar-refractivity contribution in [3.8, 4) is 5.75 Å². The number of nitrogens with zero attached hydrogens (tertiary/aromatic N) is 3. The van der Waals surface area contributed by atoms with Crippen LogP contribution in [-0.2, 0) is 6.54 Å². The number of aromatic amines is 1. The van der Waals surface area contributed by atoms with Crippen molar-refractivity contribution in [3.05, 3.63) is 58.9 Å². The lowest BCUT2D eigenvalue weighted by Crippen LogP contribution is -2.48. The van der Waals surface area contributed by atoms with E-state index >= 15 is 0 Å². The summed E-state index contributed by atoms with van der Waals surface area (Å²) in [5.41, 5.74) is 2.47. The number of H-pyrrole nitrogens is 1. The minimum Gasteiger partial charge on any atom is -0.497 e. The molecule has 1 aliphatic rings. The van der Waals surface area contributed by atoms with Crippen LogP contribution in [0, 0.1) is 0 Å². The zero-order valence-corrected chi connectivity index (χ0v) is 15.9. The van der Waals surface area contributed by atoms with Crippen LogP contribution in [0.3, 0.4) is 0 Å². The van der Waals surface area contributed by atoms with Crippen molar-refractivity contribution in [2.24, 2.45) is 0 Å². The Morgan fingerprint density at radius 3 is 2.70 bits per heavy atom. The van der Waals surface area contributed by atoms with Crippen molar-refractivity contribution in [2.45, 2.75) is 6.54 Å². The molecule has 27 heavy (non-hydrogen) atoms. The molecule has 1 saturated heterocycles. The van der Waals surface area contributed by atoms with Gasteiger partial charge in [0, 0.05) is 32.2 Å². The van der Waals surface area contributed by atoms with Crippen LogP contribution in [0.25, 0.3) is 11.0 Å². The van der Waals surface area contributed by atoms with E-state index in [9.17, 15) is 4.79 Å². The zero-order valence-electron chi connectivity index (χ0n) is 15.1. The van der Waals surface area contributed by atoms with E-state index in [2.05, 4.69) is 14.9 Å². The van der Waals surface area contributed by atoms with Crippen LogP contribution >= 0.6 is 11.6 Å². The van der Waals surface area contributed by atoms with Crippen LogP contribution in [-0.4, -0.2) is 59.0 Å². The molecule has 1 aromatic heterocycles. The number of methoxy groups -OCH3 is 1. The summed E-state index contributed by atoms with van der Waals surface area (Å²) >= 11 is 6.16. The summed E-state index contributed by atoms with van der Waals surface area (Å²) in [6.07, 6.45) is 0. The molecule has 0 aliphatic carbocycles. The second kappa shape index (κ2) is 7.58. The van der Waals surface area contributed by atoms with Crippen molar-refractivity contribution in [1.29, 1.82) is 0 Å². The lowest BCUT2D eigenvalue weighted by atomic mass is 10.2. The first-order chi connectivity index (χ1) is 13.1. The molecule has 140 valence electrons. The number of ether oxygens (including phenoxy) is 1. The molecule has 6 nitrogen and oxygen atoms in total. The van der Waals surface area contributed by atoms with E-state index in [0.29, 0.717) is 23.7 Å². The second-order valence-electron chi connectivity index (χ2n) is 6.61. The third-order valence-corrected chi connectivity index (χ3v) is 5.20. The lowest BCUT2D eigenvalue weighted by Gasteiger charge is -2.34. The fourth-order valence-corrected chi connectivity index (χ4v) is 3.59. The monoisotopic (exact) mass is 384 g/mol. The molecule has 4 rings (SSSR count). The number of rotatable bonds is 4. The highest BCUT2D eigenvalue weighted by Crippen LogP contribution is 2.21. The molecule has 1 N–H and O–H groups in total. The van der Waals surface area contributed by atoms with E-state index in [-0.39, 0.29) is 5.91 Å². The van der Waals surface area contributed by atoms with Crippen molar-refractivity contribution >= 4 is 28.5 Å². The van der Waals surface area contributed by atoms with Gasteiger partial charge in [-0.3, -0.25) is 9.69 Å². The Morgan fingerprint density at radius 1 is 1.19 bits per heavy atom. The van der Waals surface area contributed by atoms with E-state index in [4.69, 9.17) is 16.3 Å². The number of carbonyl (C=O) groups is 1. The average molecular weight is 385 g/mol. The number of piperazine rings is 1. The number of benzene rings is 2. The molecule has 0 unspecified atom stereocenters. The number of hydrogen-bond acceptors (Lipinski definition) is 4. The molecule has 0 bridgehead atoms. The molecule has 7 heteroatoms. The maximum Gasteiger partial charge on any atom is 0.255 e. The van der Waals surface area contributed by atoms with Gasteiger partial charge >= 0.3 is 0 Å². The van der Waals surface area contributed by atoms with Gasteiger partial charge in [-0.05, 0) is 24.3 Å². The van der Waals surface area contributed by atoms with Gasteiger partial charge in [0.1, 0.15) is 11.6 Å². The smallest absolute Gasteiger partial charge is 0.255 e. The maximum atomic E-state index is 12.7. The quantitative estimate of drug-likeness (QED) is 0.750. The Kier molecular flexibility index (Phi) is 5.01. The number of aromatic nitrogens is 2. The number of halogens is 1. The topological polar surface area (TPSA) is 61.5 Å². The van der Waals surface area contributed by atoms with E-state index in [1.54, 1.807) is 19.2 Å². The number of carbonyl (C=O) groups excluding carboxylic acids is 1. The van der Waals surface area contributed by atoms with Gasteiger partial charge in [-0.25, -0.2) is 4.98 Å². The van der Waals surface area contributed by atoms with E-state index in [1.807, 2.05) is 35.2 Å². The Bertz CT molecular complexity index is 964. The first kappa shape index (κ1) is 17.8. The van der Waals surface area contributed by atoms with Gasteiger partial charge in [0.25, 0.3) is 5.91 Å². The second-order valence-corrected chi connectivity index (χ2v) is 7.02. The Hall–Kier alpha value is -2.57. The zero-order chi connectivity index (χ0) is 18.8. The summed E-state index contributed by atoms with van der Waals surface area (Å²) in [7, 11) is 1.65. The highest BCUT2D eigenvalue weighted by atomic mass is 35.5. The minimum absolute atomic E-state index is 0.00363. The highest BCUT2D eigenvalue weighted by Gasteiger charge is 2.24. The van der Waals surface area contributed by atoms with Gasteiger partial charge in [0.15, 0.2) is 0 Å². The summed E-state index contributed by atoms with van der Waals surface area (Å²) in [4.78, 5) is 24.8. The van der Waals surface area contributed by atoms with Crippen molar-refractivity contribution in [1.82, 2.24) is 19.8 Å². The summed E-state index contributed by atoms with van der Waals surface area (Å²) < 4.78 is 5.26. The molecular formula is C20H21ClN4O2. The van der Waals surface area contributed by atoms with Crippen LogP contribution in [0.1, 0.15) is 16.2 Å². The van der Waals surface area contributed by atoms with Crippen LogP contribution in [0.5, 0.6) is 5.75 Å². The van der Waals surface area contributed by atoms with Crippen molar-refractivity contribution in [2.75, 3.05) is 33.3 Å². The third kappa shape index (κ3) is 3.77. The molecule has 0 atom stereocenters. The number of hydrogen-bond donors (Lipinski definition) is 1. The number of fused-ring (bicyclic) bond motifs is 1. The Balaban J connectivity index is 1.38. The molecule has 2 heterocycles. The van der Waals surface area contributed by atoms with Gasteiger partial charge in [0.05, 0.1) is 35.3 Å². The highest BCUT2D eigenvalue weighted by molar-refractivity contribution is 6.33. The Morgan fingerprint density at radius 2 is 1.96 bits per heavy atom. The summed E-state index contributed by atoms with van der Waals surface area (Å²) in [5, 5.41) is 0.502. The van der Waals surface area contributed by atoms with E-state index in [1.165, 1.54) is 0 Å². The molecule has 0 spiro atoms. The Labute approximate surface area is 162 Å². The third-order valence-electron chi connectivity index (χ3n) is 4.88. The summed E-state index contributed by atoms with van der Waals surface area (Å²) in [5.74, 6) is 1.73. The predicted molar refractivity (Wildman–Crippen MR) is 105 cm³/mol. The van der Waals surface area contributed by atoms with Gasteiger partial charge in [0.2, 0.25) is 0 Å². The molecule has 3 aromatic rings. The van der Waals surface area contributed by atoms with E-state index in [0.717, 1.165) is 42.2 Å². The number of amides is 1. The van der Waals surface area contributed by atoms with Crippen LogP contribution in [0.2, 0.25) is 5.02 Å². The van der Waals surface area contributed by atoms with E-state index < -0.39 is 0 Å². The molecule has 0 saturated carbocycles. The summed E-state index contributed by atoms with van der Waals surface area (Å²) in [6, 6.07) is 13.0. The van der Waals surface area contributed by atoms with Gasteiger partial charge in [-0.1, -0.05) is 23.7 Å². The first-order valence-electron chi connectivity index (χ1n) is 8.93. The maximum absolute atomic E-state index is 12.7. The van der Waals surface area contributed by atoms with Crippen LogP contribution in [0.4, 0.5) is 0 Å². The van der Waals surface area contributed by atoms with Gasteiger partial charge in [-0.2, -0.15) is 0 Å². The van der Waals surface area contributed by atoms with Crippen LogP contribution in [0.15, 0.2) is 42.5 Å². The normalized spacial score (nSPS) is 15.3. The average Bonchev–Trinajstić information content (AvgIpc) is 3.09. The molecule has 1 fully saturated rings. The minimum atomic E-state index is -0.00363. The number of imidazole rings is 1. The fourth-order valence-electron chi connectivity index (χ4n) is 3.37. The predicted octanol–water partition coefficient (Wildman–Crippen LogP) is 3.18. The lowest BCUT2D eigenvalue weighted by molar-refractivity contribution is 0.0626. The SMILES string of the molecule is COc1ccc2nc(CN3CCN(C(=O)c4ccccc4Cl)CC3)[nH]c2c1. The molecule has 1 aliphatic heterocycles. The standard InChI is InChI=1S/C20H21ClN4O2/c1-27-14-6-7-17-18(12-14)23-19(22-17)13-24-8-10-25(11-9-24)20(26)15-4-2-3-5-16(15)21/h2-7,12H,8-11,13H2,1H3,(H,22,23). The van der Waals surface area contributed by atoms with Gasteiger partial charge < -0.3 is 14.6 Å². The first-order valence-corrected chi connectivity index (χ1v) is 9.30. The molecular weight excluding hydrogens is 364 g/mol.